The summed E-state index contributed by atoms with van der Waals surface area (Å²) in [5.74, 6) is 0.736. The van der Waals surface area contributed by atoms with E-state index in [-0.39, 0.29) is 17.2 Å². The number of likely N-dealkylation sites (N-methyl/N-ethyl adjacent to an activating group) is 1. The van der Waals surface area contributed by atoms with Gasteiger partial charge in [0.05, 0.1) is 0 Å². The van der Waals surface area contributed by atoms with E-state index in [0.29, 0.717) is 25.7 Å². The van der Waals surface area contributed by atoms with Crippen LogP contribution in [0.2, 0.25) is 0 Å². The summed E-state index contributed by atoms with van der Waals surface area (Å²) in [6.45, 7) is 5.90. The van der Waals surface area contributed by atoms with Crippen molar-refractivity contribution < 1.29 is 14.3 Å². The fourth-order valence-electron chi connectivity index (χ4n) is 3.54. The number of nitrogens with one attached hydrogen (secondary N) is 1. The molecule has 2 aromatic rings. The number of hydrogen-bond donors (Lipinski definition) is 1. The lowest BCUT2D eigenvalue weighted by molar-refractivity contribution is -0.121. The molecule has 1 aromatic carbocycles. The molecule has 1 aliphatic heterocycles. The molecule has 2 heterocycles. The van der Waals surface area contributed by atoms with Crippen LogP contribution < -0.4 is 14.9 Å². The van der Waals surface area contributed by atoms with Gasteiger partial charge in [0.2, 0.25) is 5.91 Å². The van der Waals surface area contributed by atoms with Gasteiger partial charge in [-0.25, -0.2) is 0 Å². The third-order valence-corrected chi connectivity index (χ3v) is 6.33. The molecule has 0 aliphatic carbocycles. The number of nitrogens with zero attached hydrogens (tertiary/aromatic N) is 2. The van der Waals surface area contributed by atoms with Gasteiger partial charge in [-0.1, -0.05) is 23.5 Å². The molecule has 0 radical (unpaired) electrons. The Balaban J connectivity index is 1.39. The largest absolute Gasteiger partial charge is 0.492 e. The van der Waals surface area contributed by atoms with Gasteiger partial charge in [0, 0.05) is 56.4 Å². The highest BCUT2D eigenvalue weighted by molar-refractivity contribution is 7.07. The fourth-order valence-corrected chi connectivity index (χ4v) is 4.30. The van der Waals surface area contributed by atoms with Gasteiger partial charge in [0.25, 0.3) is 0 Å². The van der Waals surface area contributed by atoms with Crippen molar-refractivity contribution in [2.45, 2.75) is 45.3 Å². The first kappa shape index (κ1) is 22.5. The number of ether oxygens (including phenoxy) is 2. The molecule has 0 unspecified atom stereocenters. The van der Waals surface area contributed by atoms with E-state index in [9.17, 15) is 9.59 Å². The molecule has 1 N–H and O–H groups in total. The Hall–Kier alpha value is -2.16. The lowest BCUT2D eigenvalue weighted by atomic mass is 10.1. The number of rotatable bonds is 10. The first-order chi connectivity index (χ1) is 14.5. The Kier molecular flexibility index (Phi) is 8.48. The Morgan fingerprint density at radius 3 is 2.90 bits per heavy atom. The summed E-state index contributed by atoms with van der Waals surface area (Å²) in [4.78, 5) is 26.2. The summed E-state index contributed by atoms with van der Waals surface area (Å²) in [6.07, 6.45) is 2.44. The Morgan fingerprint density at radius 1 is 1.37 bits per heavy atom. The minimum atomic E-state index is -0.0723. The van der Waals surface area contributed by atoms with Crippen molar-refractivity contribution in [3.8, 4) is 5.75 Å². The summed E-state index contributed by atoms with van der Waals surface area (Å²) in [6, 6.07) is 8.37. The lowest BCUT2D eigenvalue weighted by Gasteiger charge is -2.31. The molecule has 0 spiro atoms. The predicted octanol–water partition coefficient (Wildman–Crippen LogP) is 2.41. The van der Waals surface area contributed by atoms with Crippen LogP contribution in [0.3, 0.4) is 0 Å². The zero-order valence-corrected chi connectivity index (χ0v) is 18.6. The van der Waals surface area contributed by atoms with E-state index in [2.05, 4.69) is 17.3 Å². The van der Waals surface area contributed by atoms with Gasteiger partial charge >= 0.3 is 4.87 Å². The van der Waals surface area contributed by atoms with Crippen LogP contribution in [-0.2, 0) is 22.6 Å². The fraction of sp³-hybridized carbons (Fsp3) is 0.545. The highest BCUT2D eigenvalue weighted by Crippen LogP contribution is 2.15. The van der Waals surface area contributed by atoms with E-state index in [1.165, 1.54) is 0 Å². The summed E-state index contributed by atoms with van der Waals surface area (Å²) in [5, 5.41) is 4.73. The molecule has 1 amide bonds. The number of aryl methyl sites for hydroxylation is 1. The second-order valence-corrected chi connectivity index (χ2v) is 8.46. The van der Waals surface area contributed by atoms with Crippen molar-refractivity contribution in [1.29, 1.82) is 0 Å². The van der Waals surface area contributed by atoms with Crippen molar-refractivity contribution >= 4 is 17.2 Å². The van der Waals surface area contributed by atoms with Crippen LogP contribution in [0.25, 0.3) is 0 Å². The van der Waals surface area contributed by atoms with E-state index in [1.54, 1.807) is 4.57 Å². The molecule has 0 bridgehead atoms. The maximum Gasteiger partial charge on any atom is 0.307 e. The second kappa shape index (κ2) is 11.3. The van der Waals surface area contributed by atoms with Gasteiger partial charge in [-0.15, -0.1) is 0 Å². The molecule has 3 rings (SSSR count). The number of amides is 1. The monoisotopic (exact) mass is 433 g/mol. The number of benzene rings is 1. The first-order valence-electron chi connectivity index (χ1n) is 10.4. The van der Waals surface area contributed by atoms with Gasteiger partial charge in [-0.05, 0) is 44.5 Å². The molecule has 0 atom stereocenters. The normalized spacial score (nSPS) is 14.8. The van der Waals surface area contributed by atoms with Crippen molar-refractivity contribution in [3.05, 3.63) is 50.6 Å². The maximum absolute atomic E-state index is 12.1. The van der Waals surface area contributed by atoms with Crippen molar-refractivity contribution in [1.82, 2.24) is 14.8 Å². The minimum absolute atomic E-state index is 0.0207. The number of carbonyl (C=O) groups excluding carboxylic acids is 1. The molecule has 7 nitrogen and oxygen atoms in total. The molecule has 8 heteroatoms. The van der Waals surface area contributed by atoms with Crippen LogP contribution in [0.1, 0.15) is 30.5 Å². The Morgan fingerprint density at radius 2 is 2.17 bits per heavy atom. The maximum atomic E-state index is 12.1. The number of thiazole rings is 1. The highest BCUT2D eigenvalue weighted by Gasteiger charge is 2.18. The quantitative estimate of drug-likeness (QED) is 0.623. The number of aromatic nitrogens is 1. The van der Waals surface area contributed by atoms with Gasteiger partial charge in [0.15, 0.2) is 0 Å². The van der Waals surface area contributed by atoms with Gasteiger partial charge in [0.1, 0.15) is 12.4 Å². The van der Waals surface area contributed by atoms with Crippen LogP contribution in [0.4, 0.5) is 0 Å². The van der Waals surface area contributed by atoms with Crippen LogP contribution in [0, 0.1) is 6.92 Å². The van der Waals surface area contributed by atoms with Crippen molar-refractivity contribution in [2.75, 3.05) is 33.4 Å². The van der Waals surface area contributed by atoms with E-state index < -0.39 is 0 Å². The van der Waals surface area contributed by atoms with Gasteiger partial charge in [-0.3, -0.25) is 14.5 Å². The lowest BCUT2D eigenvalue weighted by Crippen LogP contribution is -2.38. The third-order valence-electron chi connectivity index (χ3n) is 5.45. The smallest absolute Gasteiger partial charge is 0.307 e. The molecular formula is C22H31N3O4S. The highest BCUT2D eigenvalue weighted by atomic mass is 32.1. The molecule has 1 saturated heterocycles. The minimum Gasteiger partial charge on any atom is -0.492 e. The first-order valence-corrected chi connectivity index (χ1v) is 11.3. The van der Waals surface area contributed by atoms with Gasteiger partial charge in [-0.2, -0.15) is 0 Å². The SMILES string of the molecule is Cc1csc(=O)n1CCC(=O)NCc1cccc(OCCN(C)C2CCOCC2)c1. The molecule has 1 aliphatic rings. The van der Waals surface area contributed by atoms with Gasteiger partial charge < -0.3 is 19.4 Å². The second-order valence-electron chi connectivity index (χ2n) is 7.64. The zero-order valence-electron chi connectivity index (χ0n) is 17.8. The number of hydrogen-bond acceptors (Lipinski definition) is 6. The molecule has 1 fully saturated rings. The van der Waals surface area contributed by atoms with Crippen molar-refractivity contribution in [3.63, 3.8) is 0 Å². The summed E-state index contributed by atoms with van der Waals surface area (Å²) in [7, 11) is 2.14. The average Bonchev–Trinajstić information content (AvgIpc) is 3.09. The summed E-state index contributed by atoms with van der Waals surface area (Å²) >= 11 is 1.16. The number of carbonyl (C=O) groups is 1. The molecular weight excluding hydrogens is 402 g/mol. The average molecular weight is 434 g/mol. The molecule has 0 saturated carbocycles. The van der Waals surface area contributed by atoms with E-state index >= 15 is 0 Å². The summed E-state index contributed by atoms with van der Waals surface area (Å²) < 4.78 is 13.0. The third kappa shape index (κ3) is 6.68. The van der Waals surface area contributed by atoms with E-state index in [4.69, 9.17) is 9.47 Å². The van der Waals surface area contributed by atoms with Crippen molar-refractivity contribution in [2.24, 2.45) is 0 Å². The Labute approximate surface area is 181 Å². The predicted molar refractivity (Wildman–Crippen MR) is 118 cm³/mol. The van der Waals surface area contributed by atoms with Crippen LogP contribution in [-0.4, -0.2) is 54.8 Å². The topological polar surface area (TPSA) is 72.8 Å². The Bertz CT molecular complexity index is 873. The summed E-state index contributed by atoms with van der Waals surface area (Å²) in [5.41, 5.74) is 1.88. The molecule has 1 aromatic heterocycles. The van der Waals surface area contributed by atoms with Crippen LogP contribution in [0.5, 0.6) is 5.75 Å². The van der Waals surface area contributed by atoms with E-state index in [0.717, 1.165) is 60.9 Å². The van der Waals surface area contributed by atoms with Crippen LogP contribution in [0.15, 0.2) is 34.4 Å². The molecule has 30 heavy (non-hydrogen) atoms. The standard InChI is InChI=1S/C22H31N3O4S/c1-17-16-30-22(27)25(17)9-6-21(26)23-15-18-4-3-5-20(14-18)29-13-10-24(2)19-7-11-28-12-8-19/h3-5,14,16,19H,6-13,15H2,1-2H3,(H,23,26). The molecule has 164 valence electrons. The van der Waals surface area contributed by atoms with Crippen LogP contribution >= 0.6 is 11.3 Å². The van der Waals surface area contributed by atoms with E-state index in [1.807, 2.05) is 36.6 Å². The zero-order chi connectivity index (χ0) is 21.3.